The van der Waals surface area contributed by atoms with Gasteiger partial charge >= 0.3 is 0 Å². The van der Waals surface area contributed by atoms with E-state index in [0.29, 0.717) is 17.0 Å². The normalized spacial score (nSPS) is 9.58. The molecule has 0 atom stereocenters. The largest absolute Gasteiger partial charge is 0.469 e. The Labute approximate surface area is 111 Å². The van der Waals surface area contributed by atoms with Gasteiger partial charge in [0.1, 0.15) is 18.6 Å². The van der Waals surface area contributed by atoms with Gasteiger partial charge < -0.3 is 14.8 Å². The standard InChI is InChI=1S/C15H13NO3/c1-11-9-13(10-19-11)15(18)16-14-6-4-12(5-7-14)3-2-8-17/h4-7,9-10,17H,8H2,1H3,(H,16,18). The van der Waals surface area contributed by atoms with Crippen molar-refractivity contribution in [3.63, 3.8) is 0 Å². The van der Waals surface area contributed by atoms with Gasteiger partial charge in [0.2, 0.25) is 0 Å². The molecular weight excluding hydrogens is 242 g/mol. The molecule has 1 aromatic heterocycles. The van der Waals surface area contributed by atoms with Crippen LogP contribution < -0.4 is 5.32 Å². The van der Waals surface area contributed by atoms with E-state index in [0.717, 1.165) is 5.56 Å². The summed E-state index contributed by atoms with van der Waals surface area (Å²) in [4.78, 5) is 11.9. The Morgan fingerprint density at radius 3 is 2.68 bits per heavy atom. The molecule has 0 saturated heterocycles. The zero-order chi connectivity index (χ0) is 13.7. The third-order valence-electron chi connectivity index (χ3n) is 2.45. The first-order valence-corrected chi connectivity index (χ1v) is 5.75. The van der Waals surface area contributed by atoms with E-state index >= 15 is 0 Å². The van der Waals surface area contributed by atoms with Gasteiger partial charge in [-0.2, -0.15) is 0 Å². The minimum Gasteiger partial charge on any atom is -0.469 e. The summed E-state index contributed by atoms with van der Waals surface area (Å²) in [6.07, 6.45) is 1.42. The Kier molecular flexibility index (Phi) is 4.01. The summed E-state index contributed by atoms with van der Waals surface area (Å²) < 4.78 is 5.08. The molecule has 96 valence electrons. The molecule has 1 heterocycles. The van der Waals surface area contributed by atoms with E-state index in [1.165, 1.54) is 6.26 Å². The van der Waals surface area contributed by atoms with E-state index in [2.05, 4.69) is 17.2 Å². The number of nitrogens with one attached hydrogen (secondary N) is 1. The Balaban J connectivity index is 2.05. The molecule has 0 radical (unpaired) electrons. The van der Waals surface area contributed by atoms with Gasteiger partial charge in [-0.1, -0.05) is 11.8 Å². The molecule has 1 amide bonds. The maximum absolute atomic E-state index is 11.9. The first-order valence-electron chi connectivity index (χ1n) is 5.75. The minimum absolute atomic E-state index is 0.168. The van der Waals surface area contributed by atoms with Crippen LogP contribution in [0.2, 0.25) is 0 Å². The average molecular weight is 255 g/mol. The topological polar surface area (TPSA) is 62.5 Å². The van der Waals surface area contributed by atoms with Crippen molar-refractivity contribution in [3.8, 4) is 11.8 Å². The van der Waals surface area contributed by atoms with Crippen LogP contribution in [0.4, 0.5) is 5.69 Å². The van der Waals surface area contributed by atoms with Crippen LogP contribution in [0.3, 0.4) is 0 Å². The van der Waals surface area contributed by atoms with Crippen LogP contribution in [0.5, 0.6) is 0 Å². The summed E-state index contributed by atoms with van der Waals surface area (Å²) in [5, 5.41) is 11.3. The summed E-state index contributed by atoms with van der Waals surface area (Å²) in [6, 6.07) is 8.74. The predicted octanol–water partition coefficient (Wildman–Crippen LogP) is 2.18. The SMILES string of the molecule is Cc1cc(C(=O)Nc2ccc(C#CCO)cc2)co1. The highest BCUT2D eigenvalue weighted by Gasteiger charge is 2.08. The van der Waals surface area contributed by atoms with Crippen LogP contribution in [0, 0.1) is 18.8 Å². The van der Waals surface area contributed by atoms with E-state index in [1.54, 1.807) is 37.3 Å². The van der Waals surface area contributed by atoms with Crippen molar-refractivity contribution < 1.29 is 14.3 Å². The van der Waals surface area contributed by atoms with Gasteiger partial charge in [-0.25, -0.2) is 0 Å². The predicted molar refractivity (Wildman–Crippen MR) is 71.8 cm³/mol. The summed E-state index contributed by atoms with van der Waals surface area (Å²) in [5.41, 5.74) is 1.95. The highest BCUT2D eigenvalue weighted by molar-refractivity contribution is 6.04. The molecule has 4 nitrogen and oxygen atoms in total. The Hall–Kier alpha value is -2.51. The lowest BCUT2D eigenvalue weighted by atomic mass is 10.2. The van der Waals surface area contributed by atoms with Crippen molar-refractivity contribution in [2.45, 2.75) is 6.92 Å². The molecule has 0 aliphatic heterocycles. The molecule has 0 bridgehead atoms. The zero-order valence-electron chi connectivity index (χ0n) is 10.4. The molecule has 0 fully saturated rings. The molecule has 1 aromatic carbocycles. The molecule has 19 heavy (non-hydrogen) atoms. The number of aliphatic hydroxyl groups excluding tert-OH is 1. The molecule has 0 spiro atoms. The van der Waals surface area contributed by atoms with Gasteiger partial charge in [0, 0.05) is 11.3 Å². The van der Waals surface area contributed by atoms with Crippen molar-refractivity contribution in [2.24, 2.45) is 0 Å². The Morgan fingerprint density at radius 1 is 1.37 bits per heavy atom. The number of rotatable bonds is 2. The number of aliphatic hydroxyl groups is 1. The Morgan fingerprint density at radius 2 is 2.11 bits per heavy atom. The fraction of sp³-hybridized carbons (Fsp3) is 0.133. The molecule has 0 unspecified atom stereocenters. The maximum atomic E-state index is 11.9. The number of amides is 1. The molecule has 4 heteroatoms. The number of anilines is 1. The number of hydrogen-bond donors (Lipinski definition) is 2. The number of benzene rings is 1. The lowest BCUT2D eigenvalue weighted by Crippen LogP contribution is -2.10. The molecular formula is C15H13NO3. The number of hydrogen-bond acceptors (Lipinski definition) is 3. The maximum Gasteiger partial charge on any atom is 0.258 e. The highest BCUT2D eigenvalue weighted by atomic mass is 16.3. The zero-order valence-corrected chi connectivity index (χ0v) is 10.4. The van der Waals surface area contributed by atoms with E-state index in [9.17, 15) is 4.79 Å². The van der Waals surface area contributed by atoms with Crippen LogP contribution in [-0.2, 0) is 0 Å². The van der Waals surface area contributed by atoms with Crippen LogP contribution in [0.15, 0.2) is 41.0 Å². The van der Waals surface area contributed by atoms with Gasteiger partial charge in [0.05, 0.1) is 5.56 Å². The quantitative estimate of drug-likeness (QED) is 0.808. The van der Waals surface area contributed by atoms with Crippen LogP contribution in [0.1, 0.15) is 21.7 Å². The van der Waals surface area contributed by atoms with E-state index in [1.807, 2.05) is 0 Å². The van der Waals surface area contributed by atoms with E-state index < -0.39 is 0 Å². The first-order chi connectivity index (χ1) is 9.19. The molecule has 0 saturated carbocycles. The fourth-order valence-electron chi connectivity index (χ4n) is 1.54. The highest BCUT2D eigenvalue weighted by Crippen LogP contribution is 2.12. The van der Waals surface area contributed by atoms with Crippen molar-refractivity contribution in [1.29, 1.82) is 0 Å². The Bertz CT molecular complexity index is 629. The van der Waals surface area contributed by atoms with Gasteiger partial charge in [0.15, 0.2) is 0 Å². The number of carbonyl (C=O) groups is 1. The average Bonchev–Trinajstić information content (AvgIpc) is 2.85. The second-order valence-corrected chi connectivity index (χ2v) is 3.94. The molecule has 0 aliphatic carbocycles. The summed E-state index contributed by atoms with van der Waals surface area (Å²) in [5.74, 6) is 5.82. The molecule has 2 rings (SSSR count). The van der Waals surface area contributed by atoms with E-state index in [-0.39, 0.29) is 12.5 Å². The van der Waals surface area contributed by atoms with Gasteiger partial charge in [0.25, 0.3) is 5.91 Å². The minimum atomic E-state index is -0.217. The lowest BCUT2D eigenvalue weighted by molar-refractivity contribution is 0.102. The van der Waals surface area contributed by atoms with Crippen LogP contribution in [0.25, 0.3) is 0 Å². The van der Waals surface area contributed by atoms with Crippen molar-refractivity contribution in [1.82, 2.24) is 0 Å². The fourth-order valence-corrected chi connectivity index (χ4v) is 1.54. The van der Waals surface area contributed by atoms with Crippen LogP contribution >= 0.6 is 0 Å². The van der Waals surface area contributed by atoms with E-state index in [4.69, 9.17) is 9.52 Å². The third kappa shape index (κ3) is 3.47. The van der Waals surface area contributed by atoms with Gasteiger partial charge in [-0.15, -0.1) is 0 Å². The number of furan rings is 1. The van der Waals surface area contributed by atoms with Gasteiger partial charge in [-0.05, 0) is 37.3 Å². The van der Waals surface area contributed by atoms with Crippen molar-refractivity contribution in [3.05, 3.63) is 53.5 Å². The summed E-state index contributed by atoms with van der Waals surface area (Å²) >= 11 is 0. The number of aryl methyl sites for hydroxylation is 1. The molecule has 2 N–H and O–H groups in total. The number of carbonyl (C=O) groups excluding carboxylic acids is 1. The summed E-state index contributed by atoms with van der Waals surface area (Å²) in [6.45, 7) is 1.61. The summed E-state index contributed by atoms with van der Waals surface area (Å²) in [7, 11) is 0. The van der Waals surface area contributed by atoms with Gasteiger partial charge in [-0.3, -0.25) is 4.79 Å². The van der Waals surface area contributed by atoms with Crippen LogP contribution in [-0.4, -0.2) is 17.6 Å². The lowest BCUT2D eigenvalue weighted by Gasteiger charge is -2.03. The first kappa shape index (κ1) is 12.9. The van der Waals surface area contributed by atoms with Crippen molar-refractivity contribution in [2.75, 3.05) is 11.9 Å². The monoisotopic (exact) mass is 255 g/mol. The third-order valence-corrected chi connectivity index (χ3v) is 2.45. The molecule has 0 aliphatic rings. The second kappa shape index (κ2) is 5.89. The molecule has 2 aromatic rings. The van der Waals surface area contributed by atoms with Crippen molar-refractivity contribution >= 4 is 11.6 Å². The smallest absolute Gasteiger partial charge is 0.258 e. The second-order valence-electron chi connectivity index (χ2n) is 3.94.